The van der Waals surface area contributed by atoms with Crippen molar-refractivity contribution in [2.45, 2.75) is 18.3 Å². The Morgan fingerprint density at radius 1 is 0.700 bits per heavy atom. The van der Waals surface area contributed by atoms with Gasteiger partial charge in [-0.15, -0.1) is 0 Å². The number of hydrogen-bond donors (Lipinski definition) is 1. The number of carbonyl (C=O) groups is 2. The summed E-state index contributed by atoms with van der Waals surface area (Å²) in [6.45, 7) is 0.646. The van der Waals surface area contributed by atoms with Crippen molar-refractivity contribution in [3.8, 4) is 11.1 Å². The summed E-state index contributed by atoms with van der Waals surface area (Å²) in [5.74, 6) is -1.54. The number of rotatable bonds is 6. The summed E-state index contributed by atoms with van der Waals surface area (Å²) in [5.41, 5.74) is 5.39. The Kier molecular flexibility index (Phi) is 7.60. The van der Waals surface area contributed by atoms with Gasteiger partial charge in [-0.2, -0.15) is 0 Å². The van der Waals surface area contributed by atoms with Crippen molar-refractivity contribution >= 4 is 17.5 Å². The molecule has 1 N–H and O–H groups in total. The van der Waals surface area contributed by atoms with Crippen LogP contribution in [0.15, 0.2) is 97.1 Å². The SMILES string of the molecule is CN(NC(=O)C1(c2ccc(F)cc2)CCN(C(=O)c2ccc(-c3ccc(F)cc3)cc2)CC1)c1ccc(F)cc1. The van der Waals surface area contributed by atoms with Gasteiger partial charge in [0.1, 0.15) is 17.5 Å². The second-order valence-electron chi connectivity index (χ2n) is 9.94. The molecular formula is C32H28F3N3O2. The molecule has 2 amide bonds. The first kappa shape index (κ1) is 27.0. The van der Waals surface area contributed by atoms with Gasteiger partial charge >= 0.3 is 0 Å². The van der Waals surface area contributed by atoms with Crippen molar-refractivity contribution in [1.82, 2.24) is 10.3 Å². The summed E-state index contributed by atoms with van der Waals surface area (Å²) in [6, 6.07) is 24.9. The molecule has 5 nitrogen and oxygen atoms in total. The van der Waals surface area contributed by atoms with Gasteiger partial charge in [0.25, 0.3) is 5.91 Å². The zero-order valence-corrected chi connectivity index (χ0v) is 21.9. The van der Waals surface area contributed by atoms with E-state index in [1.807, 2.05) is 12.1 Å². The lowest BCUT2D eigenvalue weighted by atomic mass is 9.72. The van der Waals surface area contributed by atoms with Crippen molar-refractivity contribution in [3.63, 3.8) is 0 Å². The Balaban J connectivity index is 1.32. The third-order valence-corrected chi connectivity index (χ3v) is 7.53. The molecule has 1 saturated heterocycles. The monoisotopic (exact) mass is 543 g/mol. The first-order valence-corrected chi connectivity index (χ1v) is 13.0. The first-order valence-electron chi connectivity index (χ1n) is 13.0. The number of hydrogen-bond acceptors (Lipinski definition) is 3. The molecule has 0 saturated carbocycles. The van der Waals surface area contributed by atoms with E-state index in [1.54, 1.807) is 60.5 Å². The van der Waals surface area contributed by atoms with E-state index in [-0.39, 0.29) is 23.4 Å². The minimum Gasteiger partial charge on any atom is -0.339 e. The number of amides is 2. The molecule has 1 heterocycles. The number of likely N-dealkylation sites (tertiary alicyclic amines) is 1. The minimum absolute atomic E-state index is 0.151. The highest BCUT2D eigenvalue weighted by molar-refractivity contribution is 5.95. The Labute approximate surface area is 230 Å². The standard InChI is InChI=1S/C32H28F3N3O2/c1-37(29-16-14-28(35)15-17-29)36-31(40)32(25-8-12-27(34)13-9-25)18-20-38(21-19-32)30(39)24-4-2-22(3-5-24)23-6-10-26(33)11-7-23/h2-17H,18-21H2,1H3,(H,36,40). The lowest BCUT2D eigenvalue weighted by Gasteiger charge is -2.42. The highest BCUT2D eigenvalue weighted by Gasteiger charge is 2.44. The van der Waals surface area contributed by atoms with Crippen LogP contribution < -0.4 is 10.4 Å². The summed E-state index contributed by atoms with van der Waals surface area (Å²) >= 11 is 0. The molecule has 0 spiro atoms. The van der Waals surface area contributed by atoms with Crippen LogP contribution in [0.4, 0.5) is 18.9 Å². The molecule has 4 aromatic carbocycles. The maximum absolute atomic E-state index is 13.7. The number of piperidine rings is 1. The van der Waals surface area contributed by atoms with Crippen molar-refractivity contribution in [2.75, 3.05) is 25.1 Å². The first-order chi connectivity index (χ1) is 19.2. The molecule has 8 heteroatoms. The van der Waals surface area contributed by atoms with Crippen molar-refractivity contribution in [2.24, 2.45) is 0 Å². The second-order valence-corrected chi connectivity index (χ2v) is 9.94. The van der Waals surface area contributed by atoms with E-state index < -0.39 is 11.2 Å². The summed E-state index contributed by atoms with van der Waals surface area (Å²) in [4.78, 5) is 28.8. The third-order valence-electron chi connectivity index (χ3n) is 7.53. The van der Waals surface area contributed by atoms with Crippen LogP contribution in [-0.4, -0.2) is 36.9 Å². The predicted octanol–water partition coefficient (Wildman–Crippen LogP) is 6.11. The zero-order chi connectivity index (χ0) is 28.3. The van der Waals surface area contributed by atoms with Gasteiger partial charge in [-0.05, 0) is 90.2 Å². The topological polar surface area (TPSA) is 52.7 Å². The third kappa shape index (κ3) is 5.57. The maximum atomic E-state index is 13.7. The molecule has 0 aliphatic carbocycles. The average Bonchev–Trinajstić information content (AvgIpc) is 2.98. The number of carbonyl (C=O) groups excluding carboxylic acids is 2. The summed E-state index contributed by atoms with van der Waals surface area (Å²) in [5, 5.41) is 1.52. The summed E-state index contributed by atoms with van der Waals surface area (Å²) in [6.07, 6.45) is 0.669. The van der Waals surface area contributed by atoms with Gasteiger partial charge in [0, 0.05) is 25.7 Å². The predicted molar refractivity (Wildman–Crippen MR) is 148 cm³/mol. The number of anilines is 1. The molecule has 0 atom stereocenters. The van der Waals surface area contributed by atoms with Crippen LogP contribution in [0.5, 0.6) is 0 Å². The number of hydrazine groups is 1. The zero-order valence-electron chi connectivity index (χ0n) is 21.9. The van der Waals surface area contributed by atoms with Crippen LogP contribution in [0.2, 0.25) is 0 Å². The highest BCUT2D eigenvalue weighted by atomic mass is 19.1. The number of nitrogens with zero attached hydrogens (tertiary/aromatic N) is 2. The highest BCUT2D eigenvalue weighted by Crippen LogP contribution is 2.37. The van der Waals surface area contributed by atoms with Gasteiger partial charge < -0.3 is 4.90 Å². The van der Waals surface area contributed by atoms with E-state index in [2.05, 4.69) is 5.43 Å². The van der Waals surface area contributed by atoms with Crippen LogP contribution in [0.25, 0.3) is 11.1 Å². The fourth-order valence-corrected chi connectivity index (χ4v) is 5.13. The Bertz CT molecular complexity index is 1480. The molecule has 4 aromatic rings. The van der Waals surface area contributed by atoms with Gasteiger partial charge in [-0.25, -0.2) is 13.2 Å². The van der Waals surface area contributed by atoms with Gasteiger partial charge in [0.05, 0.1) is 11.1 Å². The molecular weight excluding hydrogens is 515 g/mol. The van der Waals surface area contributed by atoms with E-state index in [9.17, 15) is 22.8 Å². The van der Waals surface area contributed by atoms with Crippen molar-refractivity contribution in [1.29, 1.82) is 0 Å². The van der Waals surface area contributed by atoms with E-state index in [0.717, 1.165) is 11.1 Å². The van der Waals surface area contributed by atoms with Crippen molar-refractivity contribution < 1.29 is 22.8 Å². The van der Waals surface area contributed by atoms with E-state index in [1.165, 1.54) is 41.4 Å². The molecule has 204 valence electrons. The molecule has 1 aliphatic rings. The van der Waals surface area contributed by atoms with Gasteiger partial charge in [-0.1, -0.05) is 36.4 Å². The molecule has 0 unspecified atom stereocenters. The van der Waals surface area contributed by atoms with Gasteiger partial charge in [0.15, 0.2) is 0 Å². The Hall–Kier alpha value is -4.59. The van der Waals surface area contributed by atoms with Crippen LogP contribution in [0.3, 0.4) is 0 Å². The lowest BCUT2D eigenvalue weighted by Crippen LogP contribution is -2.55. The van der Waals surface area contributed by atoms with Gasteiger partial charge in [-0.3, -0.25) is 20.0 Å². The number of benzene rings is 4. The van der Waals surface area contributed by atoms with Crippen LogP contribution in [-0.2, 0) is 10.2 Å². The molecule has 1 fully saturated rings. The normalized spacial score (nSPS) is 14.4. The molecule has 40 heavy (non-hydrogen) atoms. The van der Waals surface area contributed by atoms with Crippen LogP contribution in [0.1, 0.15) is 28.8 Å². The van der Waals surface area contributed by atoms with Crippen LogP contribution in [0, 0.1) is 17.5 Å². The molecule has 1 aliphatic heterocycles. The minimum atomic E-state index is -0.995. The van der Waals surface area contributed by atoms with Crippen LogP contribution >= 0.6 is 0 Å². The second kappa shape index (κ2) is 11.3. The molecule has 5 rings (SSSR count). The van der Waals surface area contributed by atoms with Crippen molar-refractivity contribution in [3.05, 3.63) is 126 Å². The molecule has 0 radical (unpaired) electrons. The largest absolute Gasteiger partial charge is 0.339 e. The smallest absolute Gasteiger partial charge is 0.253 e. The fraction of sp³-hybridized carbons (Fsp3) is 0.188. The molecule has 0 aromatic heterocycles. The van der Waals surface area contributed by atoms with E-state index >= 15 is 0 Å². The van der Waals surface area contributed by atoms with Gasteiger partial charge in [0.2, 0.25) is 5.91 Å². The Morgan fingerprint density at radius 3 is 1.68 bits per heavy atom. The van der Waals surface area contributed by atoms with E-state index in [0.29, 0.717) is 42.7 Å². The fourth-order valence-electron chi connectivity index (χ4n) is 5.13. The summed E-state index contributed by atoms with van der Waals surface area (Å²) < 4.78 is 40.4. The summed E-state index contributed by atoms with van der Waals surface area (Å²) in [7, 11) is 1.66. The lowest BCUT2D eigenvalue weighted by molar-refractivity contribution is -0.128. The Morgan fingerprint density at radius 2 is 1.15 bits per heavy atom. The van der Waals surface area contributed by atoms with E-state index in [4.69, 9.17) is 0 Å². The maximum Gasteiger partial charge on any atom is 0.253 e. The quantitative estimate of drug-likeness (QED) is 0.299. The average molecular weight is 544 g/mol. The number of halogens is 3. The molecule has 0 bridgehead atoms. The number of nitrogens with one attached hydrogen (secondary N) is 1.